The molecule has 33 heavy (non-hydrogen) atoms. The molecule has 4 rings (SSSR count). The average molecular weight is 529 g/mol. The molecule has 5 nitrogen and oxygen atoms in total. The van der Waals surface area contributed by atoms with Crippen molar-refractivity contribution in [3.05, 3.63) is 67.6 Å². The molecule has 2 aliphatic rings. The van der Waals surface area contributed by atoms with E-state index in [2.05, 4.69) is 10.2 Å². The Morgan fingerprint density at radius 3 is 2.12 bits per heavy atom. The summed E-state index contributed by atoms with van der Waals surface area (Å²) in [7, 11) is 2.03. The lowest BCUT2D eigenvalue weighted by Crippen LogP contribution is -2.56. The predicted molar refractivity (Wildman–Crippen MR) is 134 cm³/mol. The first-order valence-electron chi connectivity index (χ1n) is 10.9. The summed E-state index contributed by atoms with van der Waals surface area (Å²) in [4.78, 5) is 31.0. The third-order valence-electron chi connectivity index (χ3n) is 6.49. The van der Waals surface area contributed by atoms with E-state index in [-0.39, 0.29) is 18.2 Å². The van der Waals surface area contributed by atoms with Crippen LogP contribution in [0.15, 0.2) is 36.4 Å². The Morgan fingerprint density at radius 1 is 0.939 bits per heavy atom. The van der Waals surface area contributed by atoms with Crippen molar-refractivity contribution in [3.8, 4) is 0 Å². The summed E-state index contributed by atoms with van der Waals surface area (Å²) in [6, 6.07) is 9.60. The lowest BCUT2D eigenvalue weighted by atomic mass is 9.93. The van der Waals surface area contributed by atoms with Crippen molar-refractivity contribution in [2.45, 2.75) is 30.7 Å². The number of benzene rings is 2. The highest BCUT2D eigenvalue weighted by Gasteiger charge is 2.53. The highest BCUT2D eigenvalue weighted by Crippen LogP contribution is 2.51. The van der Waals surface area contributed by atoms with Crippen LogP contribution in [0.25, 0.3) is 0 Å². The molecule has 1 N–H and O–H groups in total. The van der Waals surface area contributed by atoms with Gasteiger partial charge in [-0.1, -0.05) is 58.5 Å². The lowest BCUT2D eigenvalue weighted by Gasteiger charge is -2.35. The van der Waals surface area contributed by atoms with E-state index in [9.17, 15) is 9.59 Å². The number of likely N-dealkylation sites (N-methyl/N-ethyl adjacent to an activating group) is 1. The summed E-state index contributed by atoms with van der Waals surface area (Å²) in [6.07, 6.45) is 1.60. The molecule has 0 bridgehead atoms. The number of hydrogen-bond acceptors (Lipinski definition) is 3. The number of nitrogens with zero attached hydrogens (tertiary/aromatic N) is 2. The zero-order valence-electron chi connectivity index (χ0n) is 18.2. The van der Waals surface area contributed by atoms with Gasteiger partial charge in [-0.3, -0.25) is 9.59 Å². The van der Waals surface area contributed by atoms with E-state index in [1.807, 2.05) is 11.9 Å². The molecule has 2 amide bonds. The van der Waals surface area contributed by atoms with Crippen LogP contribution in [0.2, 0.25) is 20.1 Å². The van der Waals surface area contributed by atoms with E-state index in [1.54, 1.807) is 36.4 Å². The van der Waals surface area contributed by atoms with E-state index in [1.165, 1.54) is 0 Å². The van der Waals surface area contributed by atoms with Crippen molar-refractivity contribution in [1.82, 2.24) is 15.1 Å². The Balaban J connectivity index is 1.58. The number of carbonyl (C=O) groups excluding carboxylic acids is 2. The van der Waals surface area contributed by atoms with Crippen LogP contribution in [0.5, 0.6) is 0 Å². The summed E-state index contributed by atoms with van der Waals surface area (Å²) >= 11 is 24.9. The smallest absolute Gasteiger partial charge is 0.245 e. The van der Waals surface area contributed by atoms with Crippen LogP contribution in [0, 0.1) is 0 Å². The van der Waals surface area contributed by atoms with E-state index in [0.717, 1.165) is 24.2 Å². The summed E-state index contributed by atoms with van der Waals surface area (Å²) < 4.78 is 0. The monoisotopic (exact) mass is 527 g/mol. The number of amides is 2. The van der Waals surface area contributed by atoms with Gasteiger partial charge in [-0.2, -0.15) is 0 Å². The molecule has 2 aromatic carbocycles. The predicted octanol–water partition coefficient (Wildman–Crippen LogP) is 4.83. The number of rotatable bonds is 6. The van der Waals surface area contributed by atoms with Gasteiger partial charge >= 0.3 is 0 Å². The SMILES string of the molecule is CN1CCN(C(=O)[C@@H](Cc2ccc(Cl)cc2Cl)NC(=O)C2(c3ccc(Cl)cc3Cl)CC2)CC1. The van der Waals surface area contributed by atoms with Crippen molar-refractivity contribution in [2.24, 2.45) is 0 Å². The Labute approximate surface area is 213 Å². The molecule has 1 saturated carbocycles. The van der Waals surface area contributed by atoms with Crippen LogP contribution in [0.4, 0.5) is 0 Å². The Hall–Kier alpha value is -1.50. The van der Waals surface area contributed by atoms with E-state index in [0.29, 0.717) is 46.0 Å². The summed E-state index contributed by atoms with van der Waals surface area (Å²) in [5, 5.41) is 4.99. The first-order chi connectivity index (χ1) is 15.7. The standard InChI is InChI=1S/C24H25Cl4N3O2/c1-30-8-10-31(11-9-30)22(32)21(12-15-2-3-16(25)13-19(15)27)29-23(33)24(6-7-24)18-5-4-17(26)14-20(18)28/h2-5,13-14,21H,6-12H2,1H3,(H,29,33)/t21-/m1/s1. The number of carbonyl (C=O) groups is 2. The van der Waals surface area contributed by atoms with Gasteiger partial charge in [-0.15, -0.1) is 0 Å². The van der Waals surface area contributed by atoms with Crippen molar-refractivity contribution in [1.29, 1.82) is 0 Å². The molecule has 0 spiro atoms. The second-order valence-electron chi connectivity index (χ2n) is 8.80. The minimum atomic E-state index is -0.747. The Morgan fingerprint density at radius 2 is 1.55 bits per heavy atom. The highest BCUT2D eigenvalue weighted by molar-refractivity contribution is 6.35. The minimum absolute atomic E-state index is 0.111. The molecule has 176 valence electrons. The van der Waals surface area contributed by atoms with Crippen molar-refractivity contribution in [2.75, 3.05) is 33.2 Å². The molecule has 1 aliphatic heterocycles. The molecule has 1 atom stereocenters. The number of halogens is 4. The molecule has 0 aromatic heterocycles. The molecule has 1 saturated heterocycles. The summed E-state index contributed by atoms with van der Waals surface area (Å²) in [5.74, 6) is -0.315. The van der Waals surface area contributed by atoms with E-state index < -0.39 is 11.5 Å². The lowest BCUT2D eigenvalue weighted by molar-refractivity contribution is -0.138. The number of hydrogen-bond donors (Lipinski definition) is 1. The molecule has 2 fully saturated rings. The van der Waals surface area contributed by atoms with Gasteiger partial charge < -0.3 is 15.1 Å². The van der Waals surface area contributed by atoms with Crippen LogP contribution in [-0.4, -0.2) is 60.9 Å². The zero-order chi connectivity index (χ0) is 23.8. The van der Waals surface area contributed by atoms with Crippen molar-refractivity contribution >= 4 is 58.2 Å². The molecule has 1 aliphatic carbocycles. The second kappa shape index (κ2) is 10.0. The molecule has 1 heterocycles. The van der Waals surface area contributed by atoms with Gasteiger partial charge in [0.05, 0.1) is 5.41 Å². The molecule has 9 heteroatoms. The first kappa shape index (κ1) is 24.6. The molecular weight excluding hydrogens is 504 g/mol. The van der Waals surface area contributed by atoms with Crippen LogP contribution < -0.4 is 5.32 Å². The molecule has 2 aromatic rings. The van der Waals surface area contributed by atoms with Crippen LogP contribution in [0.3, 0.4) is 0 Å². The number of piperazine rings is 1. The topological polar surface area (TPSA) is 52.6 Å². The zero-order valence-corrected chi connectivity index (χ0v) is 21.2. The van der Waals surface area contributed by atoms with Gasteiger partial charge in [0.2, 0.25) is 11.8 Å². The maximum atomic E-state index is 13.5. The first-order valence-corrected chi connectivity index (χ1v) is 12.4. The van der Waals surface area contributed by atoms with Gasteiger partial charge in [-0.25, -0.2) is 0 Å². The number of nitrogens with one attached hydrogen (secondary N) is 1. The fourth-order valence-electron chi connectivity index (χ4n) is 4.27. The summed E-state index contributed by atoms with van der Waals surface area (Å²) in [6.45, 7) is 2.81. The van der Waals surface area contributed by atoms with Gasteiger partial charge in [0.1, 0.15) is 6.04 Å². The largest absolute Gasteiger partial charge is 0.343 e. The van der Waals surface area contributed by atoms with E-state index >= 15 is 0 Å². The van der Waals surface area contributed by atoms with Crippen LogP contribution >= 0.6 is 46.4 Å². The Bertz CT molecular complexity index is 1070. The average Bonchev–Trinajstić information content (AvgIpc) is 3.57. The maximum absolute atomic E-state index is 13.5. The maximum Gasteiger partial charge on any atom is 0.245 e. The van der Waals surface area contributed by atoms with Gasteiger partial charge in [0.25, 0.3) is 0 Å². The van der Waals surface area contributed by atoms with Crippen LogP contribution in [-0.2, 0) is 21.4 Å². The van der Waals surface area contributed by atoms with Crippen molar-refractivity contribution < 1.29 is 9.59 Å². The van der Waals surface area contributed by atoms with Crippen molar-refractivity contribution in [3.63, 3.8) is 0 Å². The Kier molecular flexibility index (Phi) is 7.47. The van der Waals surface area contributed by atoms with Gasteiger partial charge in [0.15, 0.2) is 0 Å². The highest BCUT2D eigenvalue weighted by atomic mass is 35.5. The minimum Gasteiger partial charge on any atom is -0.343 e. The normalized spacial score (nSPS) is 18.6. The summed E-state index contributed by atoms with van der Waals surface area (Å²) in [5.41, 5.74) is 0.746. The molecular formula is C24H25Cl4N3O2. The fourth-order valence-corrected chi connectivity index (χ4v) is 5.35. The van der Waals surface area contributed by atoms with E-state index in [4.69, 9.17) is 46.4 Å². The van der Waals surface area contributed by atoms with Gasteiger partial charge in [-0.05, 0) is 55.3 Å². The third kappa shape index (κ3) is 5.44. The second-order valence-corrected chi connectivity index (χ2v) is 10.5. The van der Waals surface area contributed by atoms with Gasteiger partial charge in [0, 0.05) is 52.7 Å². The quantitative estimate of drug-likeness (QED) is 0.584. The molecule has 0 radical (unpaired) electrons. The third-order valence-corrected chi connectivity index (χ3v) is 7.62. The fraction of sp³-hybridized carbons (Fsp3) is 0.417. The van der Waals surface area contributed by atoms with Crippen LogP contribution in [0.1, 0.15) is 24.0 Å². The molecule has 0 unspecified atom stereocenters.